The van der Waals surface area contributed by atoms with Crippen LogP contribution in [-0.2, 0) is 24.3 Å². The van der Waals surface area contributed by atoms with Crippen molar-refractivity contribution >= 4 is 21.9 Å². The molecule has 0 unspecified atom stereocenters. The van der Waals surface area contributed by atoms with Crippen LogP contribution >= 0.6 is 0 Å². The molecule has 1 N–H and O–H groups in total. The average Bonchev–Trinajstić information content (AvgIpc) is 3.19. The van der Waals surface area contributed by atoms with Crippen molar-refractivity contribution in [2.24, 2.45) is 5.92 Å². The molecule has 0 spiro atoms. The number of benzene rings is 1. The number of rotatable bonds is 6. The van der Waals surface area contributed by atoms with Crippen LogP contribution in [0.3, 0.4) is 0 Å². The second kappa shape index (κ2) is 8.97. The number of hydrogen-bond donors (Lipinski definition) is 1. The van der Waals surface area contributed by atoms with E-state index in [9.17, 15) is 26.8 Å². The van der Waals surface area contributed by atoms with Gasteiger partial charge in [0.2, 0.25) is 15.9 Å². The maximum Gasteiger partial charge on any atom is 0.331 e. The number of carbonyl (C=O) groups is 2. The lowest BCUT2D eigenvalue weighted by atomic mass is 9.92. The minimum atomic E-state index is -4.21. The SMILES string of the molecule is CCOC(=O)C1(NC(=O)C2CCN(S(=O)(=O)c3cc(F)ccc3F)CC2)CCCC1. The highest BCUT2D eigenvalue weighted by Crippen LogP contribution is 2.32. The van der Waals surface area contributed by atoms with Gasteiger partial charge in [-0.25, -0.2) is 22.0 Å². The fourth-order valence-corrected chi connectivity index (χ4v) is 5.68. The van der Waals surface area contributed by atoms with Gasteiger partial charge >= 0.3 is 5.97 Å². The molecule has 1 saturated heterocycles. The van der Waals surface area contributed by atoms with Crippen LogP contribution in [-0.4, -0.2) is 49.8 Å². The van der Waals surface area contributed by atoms with E-state index in [2.05, 4.69) is 5.32 Å². The summed E-state index contributed by atoms with van der Waals surface area (Å²) in [5.41, 5.74) is -1.01. The van der Waals surface area contributed by atoms with Crippen LogP contribution in [0.1, 0.15) is 45.4 Å². The molecule has 1 saturated carbocycles. The molecule has 10 heteroatoms. The average molecular weight is 445 g/mol. The number of nitrogens with zero attached hydrogens (tertiary/aromatic N) is 1. The quantitative estimate of drug-likeness (QED) is 0.680. The standard InChI is InChI=1S/C20H26F2N2O5S/c1-2-29-19(26)20(9-3-4-10-20)23-18(25)14-7-11-24(12-8-14)30(27,28)17-13-15(21)5-6-16(17)22/h5-6,13-14H,2-4,7-12H2,1H3,(H,23,25). The first-order valence-electron chi connectivity index (χ1n) is 10.1. The Morgan fingerprint density at radius 2 is 1.83 bits per heavy atom. The summed E-state index contributed by atoms with van der Waals surface area (Å²) in [6.45, 7) is 1.94. The van der Waals surface area contributed by atoms with E-state index >= 15 is 0 Å². The van der Waals surface area contributed by atoms with E-state index in [1.54, 1.807) is 6.92 Å². The van der Waals surface area contributed by atoms with Crippen molar-refractivity contribution in [1.29, 1.82) is 0 Å². The highest BCUT2D eigenvalue weighted by atomic mass is 32.2. The van der Waals surface area contributed by atoms with Gasteiger partial charge in [0.25, 0.3) is 0 Å². The lowest BCUT2D eigenvalue weighted by Crippen LogP contribution is -2.56. The van der Waals surface area contributed by atoms with Gasteiger partial charge in [-0.05, 0) is 50.8 Å². The van der Waals surface area contributed by atoms with E-state index in [-0.39, 0.29) is 38.4 Å². The van der Waals surface area contributed by atoms with Crippen LogP contribution in [0.2, 0.25) is 0 Å². The Kier molecular flexibility index (Phi) is 6.76. The lowest BCUT2D eigenvalue weighted by molar-refractivity contribution is -0.153. The molecule has 0 radical (unpaired) electrons. The van der Waals surface area contributed by atoms with Crippen LogP contribution in [0.25, 0.3) is 0 Å². The molecule has 166 valence electrons. The summed E-state index contributed by atoms with van der Waals surface area (Å²) in [7, 11) is -4.21. The van der Waals surface area contributed by atoms with Gasteiger partial charge in [-0.15, -0.1) is 0 Å². The minimum absolute atomic E-state index is 0.00276. The highest BCUT2D eigenvalue weighted by Gasteiger charge is 2.45. The van der Waals surface area contributed by atoms with Crippen LogP contribution in [0, 0.1) is 17.6 Å². The maximum atomic E-state index is 14.0. The van der Waals surface area contributed by atoms with Crippen LogP contribution in [0.4, 0.5) is 8.78 Å². The summed E-state index contributed by atoms with van der Waals surface area (Å²) in [5.74, 6) is -3.07. The third-order valence-corrected chi connectivity index (χ3v) is 7.74. The molecular formula is C20H26F2N2O5S. The fourth-order valence-electron chi connectivity index (χ4n) is 4.14. The van der Waals surface area contributed by atoms with Gasteiger partial charge in [0.15, 0.2) is 0 Å². The van der Waals surface area contributed by atoms with E-state index in [4.69, 9.17) is 4.74 Å². The third kappa shape index (κ3) is 4.49. The Morgan fingerprint density at radius 1 is 1.20 bits per heavy atom. The molecule has 30 heavy (non-hydrogen) atoms. The first-order chi connectivity index (χ1) is 14.2. The number of carbonyl (C=O) groups excluding carboxylic acids is 2. The highest BCUT2D eigenvalue weighted by molar-refractivity contribution is 7.89. The molecule has 3 rings (SSSR count). The van der Waals surface area contributed by atoms with Gasteiger partial charge in [-0.2, -0.15) is 4.31 Å². The number of nitrogens with one attached hydrogen (secondary N) is 1. The Bertz CT molecular complexity index is 908. The van der Waals surface area contributed by atoms with E-state index in [0.29, 0.717) is 18.9 Å². The van der Waals surface area contributed by atoms with E-state index in [1.807, 2.05) is 0 Å². The molecule has 0 bridgehead atoms. The monoisotopic (exact) mass is 444 g/mol. The predicted octanol–water partition coefficient (Wildman–Crippen LogP) is 2.36. The van der Waals surface area contributed by atoms with Crippen LogP contribution in [0.15, 0.2) is 23.1 Å². The zero-order valence-corrected chi connectivity index (χ0v) is 17.6. The molecule has 1 aromatic carbocycles. The fraction of sp³-hybridized carbons (Fsp3) is 0.600. The number of sulfonamides is 1. The zero-order chi connectivity index (χ0) is 21.9. The normalized spacial score (nSPS) is 20.1. The molecule has 1 aliphatic carbocycles. The van der Waals surface area contributed by atoms with Crippen molar-refractivity contribution in [2.75, 3.05) is 19.7 Å². The molecule has 1 amide bonds. The summed E-state index contributed by atoms with van der Waals surface area (Å²) in [6, 6.07) is 2.29. The number of amides is 1. The topological polar surface area (TPSA) is 92.8 Å². The summed E-state index contributed by atoms with van der Waals surface area (Å²) < 4.78 is 58.9. The van der Waals surface area contributed by atoms with Crippen molar-refractivity contribution in [3.05, 3.63) is 29.8 Å². The Morgan fingerprint density at radius 3 is 2.43 bits per heavy atom. The summed E-state index contributed by atoms with van der Waals surface area (Å²) in [4.78, 5) is 24.5. The van der Waals surface area contributed by atoms with Gasteiger partial charge in [0, 0.05) is 19.0 Å². The number of esters is 1. The second-order valence-electron chi connectivity index (χ2n) is 7.75. The summed E-state index contributed by atoms with van der Waals surface area (Å²) in [5, 5.41) is 2.86. The Labute approximate surface area is 174 Å². The molecule has 1 aliphatic heterocycles. The van der Waals surface area contributed by atoms with Crippen molar-refractivity contribution in [3.8, 4) is 0 Å². The maximum absolute atomic E-state index is 14.0. The van der Waals surface area contributed by atoms with Gasteiger partial charge in [0.1, 0.15) is 22.1 Å². The van der Waals surface area contributed by atoms with E-state index in [0.717, 1.165) is 29.3 Å². The first kappa shape index (κ1) is 22.6. The second-order valence-corrected chi connectivity index (χ2v) is 9.66. The van der Waals surface area contributed by atoms with E-state index in [1.165, 1.54) is 0 Å². The first-order valence-corrected chi connectivity index (χ1v) is 11.6. The Hall–Kier alpha value is -2.07. The van der Waals surface area contributed by atoms with Gasteiger partial charge in [-0.3, -0.25) is 4.79 Å². The lowest BCUT2D eigenvalue weighted by Gasteiger charge is -2.34. The molecule has 0 aromatic heterocycles. The van der Waals surface area contributed by atoms with Crippen molar-refractivity contribution in [1.82, 2.24) is 9.62 Å². The third-order valence-electron chi connectivity index (χ3n) is 5.82. The molecule has 1 heterocycles. The minimum Gasteiger partial charge on any atom is -0.464 e. The molecule has 7 nitrogen and oxygen atoms in total. The molecular weight excluding hydrogens is 418 g/mol. The van der Waals surface area contributed by atoms with Crippen molar-refractivity contribution in [2.45, 2.75) is 55.9 Å². The molecule has 0 atom stereocenters. The van der Waals surface area contributed by atoms with Gasteiger partial charge in [-0.1, -0.05) is 12.8 Å². The van der Waals surface area contributed by atoms with Gasteiger partial charge < -0.3 is 10.1 Å². The van der Waals surface area contributed by atoms with Gasteiger partial charge in [0.05, 0.1) is 6.61 Å². The van der Waals surface area contributed by atoms with E-state index < -0.39 is 44.0 Å². The Balaban J connectivity index is 1.65. The van der Waals surface area contributed by atoms with Crippen molar-refractivity contribution in [3.63, 3.8) is 0 Å². The molecule has 1 aromatic rings. The largest absolute Gasteiger partial charge is 0.464 e. The number of ether oxygens (including phenoxy) is 1. The van der Waals surface area contributed by atoms with Crippen LogP contribution in [0.5, 0.6) is 0 Å². The predicted molar refractivity (Wildman–Crippen MR) is 104 cm³/mol. The number of hydrogen-bond acceptors (Lipinski definition) is 5. The van der Waals surface area contributed by atoms with Crippen molar-refractivity contribution < 1.29 is 31.5 Å². The summed E-state index contributed by atoms with van der Waals surface area (Å²) in [6.07, 6.45) is 3.11. The number of piperidine rings is 1. The smallest absolute Gasteiger partial charge is 0.331 e. The number of halogens is 2. The van der Waals surface area contributed by atoms with Crippen LogP contribution < -0.4 is 5.32 Å². The molecule has 2 aliphatic rings. The zero-order valence-electron chi connectivity index (χ0n) is 16.8. The summed E-state index contributed by atoms with van der Waals surface area (Å²) >= 11 is 0. The molecule has 2 fully saturated rings.